The van der Waals surface area contributed by atoms with E-state index < -0.39 is 10.9 Å². The Morgan fingerprint density at radius 3 is 2.79 bits per heavy atom. The van der Waals surface area contributed by atoms with Gasteiger partial charge in [0.15, 0.2) is 0 Å². The predicted molar refractivity (Wildman–Crippen MR) is 109 cm³/mol. The van der Waals surface area contributed by atoms with Crippen molar-refractivity contribution in [3.8, 4) is 16.3 Å². The van der Waals surface area contributed by atoms with Gasteiger partial charge in [0.05, 0.1) is 28.9 Å². The standard InChI is InChI=1S/C19H15BrN2O5S/c1-11-3-4-12(7-16(11)22(24)25)19(23)27-9-14-10-28-18(21-14)15-8-13(20)5-6-17(15)26-2/h3-8,10H,9H2,1-2H3. The van der Waals surface area contributed by atoms with Gasteiger partial charge in [-0.25, -0.2) is 9.78 Å². The van der Waals surface area contributed by atoms with Gasteiger partial charge in [-0.05, 0) is 31.2 Å². The third kappa shape index (κ3) is 4.37. The molecule has 1 heterocycles. The first-order valence-electron chi connectivity index (χ1n) is 8.09. The molecule has 0 saturated heterocycles. The van der Waals surface area contributed by atoms with E-state index in [-0.39, 0.29) is 17.9 Å². The summed E-state index contributed by atoms with van der Waals surface area (Å²) in [7, 11) is 1.59. The number of esters is 1. The smallest absolute Gasteiger partial charge is 0.338 e. The van der Waals surface area contributed by atoms with Crippen molar-refractivity contribution in [3.05, 3.63) is 73.2 Å². The number of nitro groups is 1. The Morgan fingerprint density at radius 2 is 2.07 bits per heavy atom. The highest BCUT2D eigenvalue weighted by molar-refractivity contribution is 9.10. The number of halogens is 1. The number of hydrogen-bond donors (Lipinski definition) is 0. The van der Waals surface area contributed by atoms with Crippen LogP contribution in [0.4, 0.5) is 5.69 Å². The van der Waals surface area contributed by atoms with Crippen LogP contribution in [0.3, 0.4) is 0 Å². The van der Waals surface area contributed by atoms with E-state index in [0.29, 0.717) is 17.0 Å². The number of nitrogens with zero attached hydrogens (tertiary/aromatic N) is 2. The van der Waals surface area contributed by atoms with Crippen LogP contribution in [0.1, 0.15) is 21.6 Å². The highest BCUT2D eigenvalue weighted by Gasteiger charge is 2.17. The van der Waals surface area contributed by atoms with E-state index in [1.165, 1.54) is 29.5 Å². The molecule has 0 fully saturated rings. The molecule has 3 aromatic rings. The summed E-state index contributed by atoms with van der Waals surface area (Å²) >= 11 is 4.83. The van der Waals surface area contributed by atoms with Gasteiger partial charge in [0.25, 0.3) is 5.69 Å². The first-order chi connectivity index (χ1) is 13.4. The van der Waals surface area contributed by atoms with E-state index in [4.69, 9.17) is 9.47 Å². The number of carbonyl (C=O) groups excluding carboxylic acids is 1. The number of hydrogen-bond acceptors (Lipinski definition) is 7. The van der Waals surface area contributed by atoms with Crippen molar-refractivity contribution in [1.29, 1.82) is 0 Å². The molecule has 7 nitrogen and oxygen atoms in total. The van der Waals surface area contributed by atoms with E-state index in [9.17, 15) is 14.9 Å². The Kier molecular flexibility index (Phi) is 6.05. The van der Waals surface area contributed by atoms with E-state index >= 15 is 0 Å². The van der Waals surface area contributed by atoms with Crippen LogP contribution in [0, 0.1) is 17.0 Å². The van der Waals surface area contributed by atoms with Crippen molar-refractivity contribution in [2.45, 2.75) is 13.5 Å². The highest BCUT2D eigenvalue weighted by atomic mass is 79.9. The number of thiazole rings is 1. The van der Waals surface area contributed by atoms with Gasteiger partial charge in [-0.3, -0.25) is 10.1 Å². The molecule has 0 unspecified atom stereocenters. The van der Waals surface area contributed by atoms with Crippen molar-refractivity contribution in [2.75, 3.05) is 7.11 Å². The van der Waals surface area contributed by atoms with Gasteiger partial charge in [-0.1, -0.05) is 22.0 Å². The third-order valence-electron chi connectivity index (χ3n) is 3.94. The number of nitro benzene ring substituents is 1. The number of carbonyl (C=O) groups is 1. The van der Waals surface area contributed by atoms with Gasteiger partial charge >= 0.3 is 5.97 Å². The van der Waals surface area contributed by atoms with Crippen LogP contribution in [0.25, 0.3) is 10.6 Å². The number of aryl methyl sites for hydroxylation is 1. The Balaban J connectivity index is 1.73. The van der Waals surface area contributed by atoms with Crippen molar-refractivity contribution in [1.82, 2.24) is 4.98 Å². The molecular weight excluding hydrogens is 448 g/mol. The lowest BCUT2D eigenvalue weighted by molar-refractivity contribution is -0.385. The number of methoxy groups -OCH3 is 1. The van der Waals surface area contributed by atoms with Gasteiger partial charge < -0.3 is 9.47 Å². The summed E-state index contributed by atoms with van der Waals surface area (Å²) in [6.45, 7) is 1.58. The fraction of sp³-hybridized carbons (Fsp3) is 0.158. The second-order valence-corrected chi connectivity index (χ2v) is 7.60. The van der Waals surface area contributed by atoms with Gasteiger partial charge in [0.1, 0.15) is 17.4 Å². The lowest BCUT2D eigenvalue weighted by Gasteiger charge is -2.06. The third-order valence-corrected chi connectivity index (χ3v) is 5.35. The van der Waals surface area contributed by atoms with Crippen molar-refractivity contribution in [2.24, 2.45) is 0 Å². The maximum atomic E-state index is 12.2. The minimum Gasteiger partial charge on any atom is -0.496 e. The largest absolute Gasteiger partial charge is 0.496 e. The molecule has 0 amide bonds. The molecule has 28 heavy (non-hydrogen) atoms. The quantitative estimate of drug-likeness (QED) is 0.285. The van der Waals surface area contributed by atoms with Crippen LogP contribution in [-0.4, -0.2) is 23.0 Å². The van der Waals surface area contributed by atoms with Gasteiger partial charge in [0.2, 0.25) is 0 Å². The number of benzene rings is 2. The van der Waals surface area contributed by atoms with Crippen LogP contribution >= 0.6 is 27.3 Å². The first-order valence-corrected chi connectivity index (χ1v) is 9.77. The topological polar surface area (TPSA) is 91.6 Å². The van der Waals surface area contributed by atoms with Gasteiger partial charge in [0, 0.05) is 21.5 Å². The average Bonchev–Trinajstić information content (AvgIpc) is 3.15. The van der Waals surface area contributed by atoms with Crippen molar-refractivity contribution >= 4 is 38.9 Å². The van der Waals surface area contributed by atoms with Crippen LogP contribution in [0.5, 0.6) is 5.75 Å². The maximum absolute atomic E-state index is 12.2. The highest BCUT2D eigenvalue weighted by Crippen LogP contribution is 2.34. The Morgan fingerprint density at radius 1 is 1.29 bits per heavy atom. The minimum atomic E-state index is -0.641. The molecule has 0 aliphatic rings. The lowest BCUT2D eigenvalue weighted by atomic mass is 10.1. The summed E-state index contributed by atoms with van der Waals surface area (Å²) in [6, 6.07) is 9.86. The van der Waals surface area contributed by atoms with Crippen molar-refractivity contribution in [3.63, 3.8) is 0 Å². The molecule has 0 atom stereocenters. The number of ether oxygens (including phenoxy) is 2. The van der Waals surface area contributed by atoms with E-state index in [1.54, 1.807) is 19.4 Å². The predicted octanol–water partition coefficient (Wildman–Crippen LogP) is 5.15. The lowest BCUT2D eigenvalue weighted by Crippen LogP contribution is -2.06. The molecule has 144 valence electrons. The zero-order valence-corrected chi connectivity index (χ0v) is 17.4. The molecule has 0 saturated carbocycles. The summed E-state index contributed by atoms with van der Waals surface area (Å²) in [5.41, 5.74) is 1.90. The zero-order valence-electron chi connectivity index (χ0n) is 15.0. The summed E-state index contributed by atoms with van der Waals surface area (Å²) in [4.78, 5) is 27.2. The van der Waals surface area contributed by atoms with E-state index in [1.807, 2.05) is 18.2 Å². The maximum Gasteiger partial charge on any atom is 0.338 e. The average molecular weight is 463 g/mol. The molecule has 2 aromatic carbocycles. The zero-order chi connectivity index (χ0) is 20.3. The molecule has 0 N–H and O–H groups in total. The summed E-state index contributed by atoms with van der Waals surface area (Å²) < 4.78 is 11.5. The fourth-order valence-corrected chi connectivity index (χ4v) is 3.69. The molecule has 0 aliphatic carbocycles. The molecule has 0 radical (unpaired) electrons. The minimum absolute atomic E-state index is 0.0344. The molecule has 0 bridgehead atoms. The molecule has 0 aliphatic heterocycles. The van der Waals surface area contributed by atoms with Crippen molar-refractivity contribution < 1.29 is 19.2 Å². The van der Waals surface area contributed by atoms with Crippen LogP contribution in [0.2, 0.25) is 0 Å². The summed E-state index contributed by atoms with van der Waals surface area (Å²) in [6.07, 6.45) is 0. The van der Waals surface area contributed by atoms with Gasteiger partial charge in [-0.15, -0.1) is 11.3 Å². The monoisotopic (exact) mass is 462 g/mol. The van der Waals surface area contributed by atoms with E-state index in [0.717, 1.165) is 15.0 Å². The fourth-order valence-electron chi connectivity index (χ4n) is 2.50. The molecule has 0 spiro atoms. The SMILES string of the molecule is COc1ccc(Br)cc1-c1nc(COC(=O)c2ccc(C)c([N+](=O)[O-])c2)cs1. The molecule has 3 rings (SSSR count). The first kappa shape index (κ1) is 20.0. The second kappa shape index (κ2) is 8.49. The number of aromatic nitrogens is 1. The van der Waals surface area contributed by atoms with Crippen LogP contribution in [-0.2, 0) is 11.3 Å². The van der Waals surface area contributed by atoms with Crippen LogP contribution < -0.4 is 4.74 Å². The summed E-state index contributed by atoms with van der Waals surface area (Å²) in [5, 5.41) is 13.5. The van der Waals surface area contributed by atoms with E-state index in [2.05, 4.69) is 20.9 Å². The molecule has 9 heteroatoms. The van der Waals surface area contributed by atoms with Gasteiger partial charge in [-0.2, -0.15) is 0 Å². The molecular formula is C19H15BrN2O5S. The Labute approximate surface area is 173 Å². The second-order valence-electron chi connectivity index (χ2n) is 5.82. The normalized spacial score (nSPS) is 10.5. The Bertz CT molecular complexity index is 1050. The molecule has 1 aromatic heterocycles. The number of rotatable bonds is 6. The van der Waals surface area contributed by atoms with Crippen LogP contribution in [0.15, 0.2) is 46.3 Å². The Hall–Kier alpha value is -2.78. The summed E-state index contributed by atoms with van der Waals surface area (Å²) in [5.74, 6) is 0.0470.